The van der Waals surface area contributed by atoms with E-state index in [0.717, 1.165) is 12.1 Å². The quantitative estimate of drug-likeness (QED) is 0.246. The van der Waals surface area contributed by atoms with Crippen molar-refractivity contribution in [1.29, 1.82) is 0 Å². The maximum atomic E-state index is 13.0. The molecule has 2 rings (SSSR count). The summed E-state index contributed by atoms with van der Waals surface area (Å²) in [4.78, 5) is 31.7. The number of likely N-dealkylation sites (tertiary alicyclic amines) is 1. The summed E-state index contributed by atoms with van der Waals surface area (Å²) in [6.07, 6.45) is -3.27. The molecule has 180 valence electrons. The van der Waals surface area contributed by atoms with E-state index >= 15 is 0 Å². The van der Waals surface area contributed by atoms with E-state index in [1.165, 1.54) is 11.0 Å². The lowest BCUT2D eigenvalue weighted by molar-refractivity contribution is -0.149. The minimum absolute atomic E-state index is 0. The molecule has 1 aliphatic heterocycles. The lowest BCUT2D eigenvalue weighted by atomic mass is 9.97. The van der Waals surface area contributed by atoms with Crippen LogP contribution in [0.25, 0.3) is 0 Å². The van der Waals surface area contributed by atoms with Gasteiger partial charge in [-0.3, -0.25) is 9.59 Å². The van der Waals surface area contributed by atoms with Crippen molar-refractivity contribution in [3.8, 4) is 0 Å². The number of amides is 1. The Bertz CT molecular complexity index is 795. The van der Waals surface area contributed by atoms with Crippen LogP contribution in [0.4, 0.5) is 13.2 Å². The molecule has 1 aliphatic rings. The molecule has 0 unspecified atom stereocenters. The number of ether oxygens (including phenoxy) is 1. The summed E-state index contributed by atoms with van der Waals surface area (Å²) in [5, 5.41) is 3.00. The van der Waals surface area contributed by atoms with Crippen molar-refractivity contribution in [3.63, 3.8) is 0 Å². The lowest BCUT2D eigenvalue weighted by Gasteiger charge is -2.33. The highest BCUT2D eigenvalue weighted by molar-refractivity contribution is 14.0. The fraction of sp³-hybridized carbons (Fsp3) is 0.571. The molecule has 1 aromatic rings. The second-order valence-electron chi connectivity index (χ2n) is 7.49. The highest BCUT2D eigenvalue weighted by Gasteiger charge is 2.30. The molecule has 32 heavy (non-hydrogen) atoms. The van der Waals surface area contributed by atoms with Crippen LogP contribution < -0.4 is 5.32 Å². The second kappa shape index (κ2) is 12.9. The average molecular weight is 570 g/mol. The van der Waals surface area contributed by atoms with Gasteiger partial charge in [0.25, 0.3) is 0 Å². The molecule has 0 radical (unpaired) electrons. The monoisotopic (exact) mass is 570 g/mol. The van der Waals surface area contributed by atoms with Crippen LogP contribution in [0, 0.1) is 5.92 Å². The van der Waals surface area contributed by atoms with Gasteiger partial charge in [0.2, 0.25) is 5.91 Å². The van der Waals surface area contributed by atoms with Gasteiger partial charge in [-0.15, -0.1) is 24.0 Å². The maximum Gasteiger partial charge on any atom is 0.416 e. The first-order chi connectivity index (χ1) is 14.6. The van der Waals surface area contributed by atoms with Crippen LogP contribution in [-0.4, -0.2) is 68.0 Å². The van der Waals surface area contributed by atoms with Crippen LogP contribution in [-0.2, 0) is 27.0 Å². The number of piperidine rings is 1. The van der Waals surface area contributed by atoms with Gasteiger partial charge in [-0.1, -0.05) is 12.1 Å². The van der Waals surface area contributed by atoms with Crippen molar-refractivity contribution < 1.29 is 27.5 Å². The molecule has 11 heteroatoms. The molecule has 0 aromatic heterocycles. The summed E-state index contributed by atoms with van der Waals surface area (Å²) in [6.45, 7) is 3.17. The van der Waals surface area contributed by atoms with E-state index in [1.54, 1.807) is 27.1 Å². The molecular formula is C21H30F3IN4O3. The third-order valence-corrected chi connectivity index (χ3v) is 4.98. The van der Waals surface area contributed by atoms with E-state index in [1.807, 2.05) is 4.90 Å². The Hall–Kier alpha value is -2.05. The van der Waals surface area contributed by atoms with Crippen LogP contribution in [0.5, 0.6) is 0 Å². The zero-order valence-electron chi connectivity index (χ0n) is 18.4. The minimum atomic E-state index is -4.42. The molecule has 1 aromatic carbocycles. The number of aliphatic imine (C=N–C) groups is 1. The highest BCUT2D eigenvalue weighted by Crippen LogP contribution is 2.29. The first-order valence-electron chi connectivity index (χ1n) is 10.2. The van der Waals surface area contributed by atoms with Gasteiger partial charge in [0, 0.05) is 27.2 Å². The minimum Gasteiger partial charge on any atom is -0.466 e. The van der Waals surface area contributed by atoms with Crippen LogP contribution >= 0.6 is 24.0 Å². The van der Waals surface area contributed by atoms with Crippen molar-refractivity contribution in [2.75, 3.05) is 40.3 Å². The topological polar surface area (TPSA) is 74.2 Å². The summed E-state index contributed by atoms with van der Waals surface area (Å²) in [5.41, 5.74) is -0.317. The largest absolute Gasteiger partial charge is 0.466 e. The SMILES string of the molecule is CCOC(=O)C1CCN(C(=NCc2cccc(C(F)(F)F)c2)NCC(=O)N(C)C)CC1.I. The molecule has 1 fully saturated rings. The average Bonchev–Trinajstić information content (AvgIpc) is 2.73. The molecule has 1 amide bonds. The van der Waals surface area contributed by atoms with Gasteiger partial charge in [0.15, 0.2) is 5.96 Å². The number of hydrogen-bond acceptors (Lipinski definition) is 4. The van der Waals surface area contributed by atoms with Gasteiger partial charge in [-0.05, 0) is 37.5 Å². The summed E-state index contributed by atoms with van der Waals surface area (Å²) in [5.74, 6) is -0.146. The van der Waals surface area contributed by atoms with Crippen molar-refractivity contribution in [1.82, 2.24) is 15.1 Å². The van der Waals surface area contributed by atoms with E-state index in [9.17, 15) is 22.8 Å². The van der Waals surface area contributed by atoms with Gasteiger partial charge in [-0.2, -0.15) is 13.2 Å². The molecule has 0 spiro atoms. The number of esters is 1. The van der Waals surface area contributed by atoms with Gasteiger partial charge in [-0.25, -0.2) is 4.99 Å². The van der Waals surface area contributed by atoms with Crippen LogP contribution in [0.1, 0.15) is 30.9 Å². The van der Waals surface area contributed by atoms with Gasteiger partial charge in [0.1, 0.15) is 0 Å². The molecule has 0 aliphatic carbocycles. The molecule has 0 saturated carbocycles. The lowest BCUT2D eigenvalue weighted by Crippen LogP contribution is -2.49. The molecule has 1 saturated heterocycles. The van der Waals surface area contributed by atoms with E-state index in [2.05, 4.69) is 10.3 Å². The van der Waals surface area contributed by atoms with Gasteiger partial charge >= 0.3 is 12.1 Å². The molecule has 1 heterocycles. The third kappa shape index (κ3) is 8.47. The first-order valence-corrected chi connectivity index (χ1v) is 10.2. The number of hydrogen-bond donors (Lipinski definition) is 1. The van der Waals surface area contributed by atoms with E-state index < -0.39 is 11.7 Å². The number of likely N-dealkylation sites (N-methyl/N-ethyl adjacent to an activating group) is 1. The van der Waals surface area contributed by atoms with Crippen LogP contribution in [0.2, 0.25) is 0 Å². The van der Waals surface area contributed by atoms with Crippen molar-refractivity contribution in [3.05, 3.63) is 35.4 Å². The number of benzene rings is 1. The van der Waals surface area contributed by atoms with E-state index in [-0.39, 0.29) is 54.9 Å². The number of nitrogens with zero attached hydrogens (tertiary/aromatic N) is 3. The smallest absolute Gasteiger partial charge is 0.416 e. The maximum absolute atomic E-state index is 13.0. The summed E-state index contributed by atoms with van der Waals surface area (Å²) < 4.78 is 44.0. The number of nitrogens with one attached hydrogen (secondary N) is 1. The van der Waals surface area contributed by atoms with Crippen molar-refractivity contribution in [2.45, 2.75) is 32.5 Å². The zero-order valence-corrected chi connectivity index (χ0v) is 20.8. The van der Waals surface area contributed by atoms with Crippen molar-refractivity contribution >= 4 is 41.8 Å². The van der Waals surface area contributed by atoms with Crippen LogP contribution in [0.3, 0.4) is 0 Å². The Morgan fingerprint density at radius 1 is 1.25 bits per heavy atom. The highest BCUT2D eigenvalue weighted by atomic mass is 127. The molecular weight excluding hydrogens is 540 g/mol. The number of carbonyl (C=O) groups is 2. The van der Waals surface area contributed by atoms with Gasteiger partial charge < -0.3 is 19.9 Å². The Morgan fingerprint density at radius 3 is 2.47 bits per heavy atom. The Kier molecular flexibility index (Phi) is 11.2. The standard InChI is InChI=1S/C21H29F3N4O3.HI/c1-4-31-19(30)16-8-10-28(11-9-16)20(26-14-18(29)27(2)3)25-13-15-6-5-7-17(12-15)21(22,23)24;/h5-7,12,16H,4,8-11,13-14H2,1-3H3,(H,25,26);1H. The number of carbonyl (C=O) groups excluding carboxylic acids is 2. The predicted molar refractivity (Wildman–Crippen MR) is 126 cm³/mol. The Labute approximate surface area is 203 Å². The third-order valence-electron chi connectivity index (χ3n) is 4.98. The summed E-state index contributed by atoms with van der Waals surface area (Å²) in [6, 6.07) is 5.01. The van der Waals surface area contributed by atoms with E-state index in [0.29, 0.717) is 44.1 Å². The van der Waals surface area contributed by atoms with Crippen molar-refractivity contribution in [2.24, 2.45) is 10.9 Å². The second-order valence-corrected chi connectivity index (χ2v) is 7.49. The zero-order chi connectivity index (χ0) is 23.0. The fourth-order valence-electron chi connectivity index (χ4n) is 3.18. The molecule has 1 N–H and O–H groups in total. The van der Waals surface area contributed by atoms with Crippen LogP contribution in [0.15, 0.2) is 29.3 Å². The molecule has 7 nitrogen and oxygen atoms in total. The number of halogens is 4. The van der Waals surface area contributed by atoms with Gasteiger partial charge in [0.05, 0.1) is 31.2 Å². The Balaban J connectivity index is 0.00000512. The fourth-order valence-corrected chi connectivity index (χ4v) is 3.18. The molecule has 0 atom stereocenters. The number of guanidine groups is 1. The summed E-state index contributed by atoms with van der Waals surface area (Å²) >= 11 is 0. The predicted octanol–water partition coefficient (Wildman–Crippen LogP) is 3.13. The van der Waals surface area contributed by atoms with E-state index in [4.69, 9.17) is 4.74 Å². The first kappa shape index (κ1) is 28.0. The molecule has 0 bridgehead atoms. The Morgan fingerprint density at radius 2 is 1.91 bits per heavy atom. The summed E-state index contributed by atoms with van der Waals surface area (Å²) in [7, 11) is 3.27. The number of rotatable bonds is 6. The normalized spacial score (nSPS) is 15.1. The number of alkyl halides is 3.